The lowest BCUT2D eigenvalue weighted by atomic mass is 10.1. The van der Waals surface area contributed by atoms with Gasteiger partial charge in [0, 0.05) is 5.92 Å². The molecule has 0 aliphatic heterocycles. The quantitative estimate of drug-likeness (QED) is 0.823. The molecule has 84 valence electrons. The first-order valence-corrected chi connectivity index (χ1v) is 5.46. The van der Waals surface area contributed by atoms with E-state index in [1.54, 1.807) is 0 Å². The maximum Gasteiger partial charge on any atom is 0.125 e. The molecule has 1 rings (SSSR count). The molecule has 0 aliphatic carbocycles. The Morgan fingerprint density at radius 1 is 1.20 bits per heavy atom. The van der Waals surface area contributed by atoms with Crippen LogP contribution in [0.1, 0.15) is 23.6 Å². The van der Waals surface area contributed by atoms with Crippen molar-refractivity contribution in [1.82, 2.24) is 0 Å². The van der Waals surface area contributed by atoms with Crippen LogP contribution in [-0.4, -0.2) is 13.2 Å². The van der Waals surface area contributed by atoms with Gasteiger partial charge in [0.05, 0.1) is 6.61 Å². The summed E-state index contributed by atoms with van der Waals surface area (Å²) in [6.45, 7) is 9.75. The molecule has 2 N–H and O–H groups in total. The first kappa shape index (κ1) is 12.1. The Hall–Kier alpha value is -1.02. The second-order valence-corrected chi connectivity index (χ2v) is 4.31. The third kappa shape index (κ3) is 2.96. The summed E-state index contributed by atoms with van der Waals surface area (Å²) in [4.78, 5) is 0. The first-order chi connectivity index (χ1) is 7.06. The molecule has 0 spiro atoms. The number of aryl methyl sites for hydroxylation is 2. The molecular weight excluding hydrogens is 186 g/mol. The summed E-state index contributed by atoms with van der Waals surface area (Å²) in [7, 11) is 0. The topological polar surface area (TPSA) is 35.2 Å². The van der Waals surface area contributed by atoms with Gasteiger partial charge in [0.2, 0.25) is 0 Å². The maximum absolute atomic E-state index is 5.82. The van der Waals surface area contributed by atoms with E-state index in [4.69, 9.17) is 10.5 Å². The first-order valence-electron chi connectivity index (χ1n) is 5.46. The van der Waals surface area contributed by atoms with Crippen molar-refractivity contribution in [2.45, 2.75) is 27.7 Å². The lowest BCUT2D eigenvalue weighted by Gasteiger charge is -2.16. The Morgan fingerprint density at radius 2 is 1.80 bits per heavy atom. The predicted molar refractivity (Wildman–Crippen MR) is 64.4 cm³/mol. The van der Waals surface area contributed by atoms with Gasteiger partial charge in [0.15, 0.2) is 0 Å². The van der Waals surface area contributed by atoms with Crippen molar-refractivity contribution in [2.24, 2.45) is 11.7 Å². The fourth-order valence-electron chi connectivity index (χ4n) is 1.44. The SMILES string of the molecule is Cc1ccc(C)c(OCC(C)CN)c1C. The number of hydrogen-bond acceptors (Lipinski definition) is 2. The average molecular weight is 207 g/mol. The summed E-state index contributed by atoms with van der Waals surface area (Å²) in [5.74, 6) is 1.43. The van der Waals surface area contributed by atoms with E-state index in [0.717, 1.165) is 5.75 Å². The summed E-state index contributed by atoms with van der Waals surface area (Å²) in [6, 6.07) is 4.23. The number of benzene rings is 1. The van der Waals surface area contributed by atoms with Crippen LogP contribution in [0.5, 0.6) is 5.75 Å². The molecule has 0 aromatic heterocycles. The van der Waals surface area contributed by atoms with Crippen LogP contribution in [0, 0.1) is 26.7 Å². The zero-order valence-corrected chi connectivity index (χ0v) is 10.1. The van der Waals surface area contributed by atoms with Gasteiger partial charge in [0.25, 0.3) is 0 Å². The van der Waals surface area contributed by atoms with Gasteiger partial charge in [-0.2, -0.15) is 0 Å². The van der Waals surface area contributed by atoms with Crippen LogP contribution >= 0.6 is 0 Å². The lowest BCUT2D eigenvalue weighted by molar-refractivity contribution is 0.260. The van der Waals surface area contributed by atoms with E-state index in [0.29, 0.717) is 19.1 Å². The summed E-state index contributed by atoms with van der Waals surface area (Å²) in [6.07, 6.45) is 0. The van der Waals surface area contributed by atoms with E-state index in [-0.39, 0.29) is 0 Å². The van der Waals surface area contributed by atoms with E-state index in [1.807, 2.05) is 0 Å². The fraction of sp³-hybridized carbons (Fsp3) is 0.538. The van der Waals surface area contributed by atoms with Crippen molar-refractivity contribution in [2.75, 3.05) is 13.2 Å². The second kappa shape index (κ2) is 5.17. The number of nitrogens with two attached hydrogens (primary N) is 1. The molecule has 0 saturated heterocycles. The van der Waals surface area contributed by atoms with Crippen LogP contribution in [0.2, 0.25) is 0 Å². The number of ether oxygens (including phenoxy) is 1. The van der Waals surface area contributed by atoms with Crippen molar-refractivity contribution in [3.8, 4) is 5.75 Å². The number of rotatable bonds is 4. The molecule has 1 atom stereocenters. The largest absolute Gasteiger partial charge is 0.493 e. The Balaban J connectivity index is 2.80. The van der Waals surface area contributed by atoms with E-state index in [9.17, 15) is 0 Å². The van der Waals surface area contributed by atoms with E-state index < -0.39 is 0 Å². The molecular formula is C13H21NO. The highest BCUT2D eigenvalue weighted by Gasteiger charge is 2.07. The van der Waals surface area contributed by atoms with Gasteiger partial charge in [-0.1, -0.05) is 19.1 Å². The van der Waals surface area contributed by atoms with Crippen LogP contribution in [0.3, 0.4) is 0 Å². The Bertz CT molecular complexity index is 334. The molecule has 0 aliphatic rings. The summed E-state index contributed by atoms with van der Waals surface area (Å²) in [5.41, 5.74) is 9.27. The van der Waals surface area contributed by atoms with Gasteiger partial charge in [-0.3, -0.25) is 0 Å². The Morgan fingerprint density at radius 3 is 2.40 bits per heavy atom. The fourth-order valence-corrected chi connectivity index (χ4v) is 1.44. The molecule has 0 amide bonds. The highest BCUT2D eigenvalue weighted by Crippen LogP contribution is 2.25. The van der Waals surface area contributed by atoms with Crippen molar-refractivity contribution < 1.29 is 4.74 Å². The smallest absolute Gasteiger partial charge is 0.125 e. The molecule has 2 nitrogen and oxygen atoms in total. The molecule has 0 saturated carbocycles. The summed E-state index contributed by atoms with van der Waals surface area (Å²) < 4.78 is 5.82. The van der Waals surface area contributed by atoms with Crippen LogP contribution in [0.4, 0.5) is 0 Å². The molecule has 0 fully saturated rings. The average Bonchev–Trinajstić information content (AvgIpc) is 2.23. The highest BCUT2D eigenvalue weighted by molar-refractivity contribution is 5.44. The van der Waals surface area contributed by atoms with Crippen molar-refractivity contribution in [1.29, 1.82) is 0 Å². The van der Waals surface area contributed by atoms with Gasteiger partial charge >= 0.3 is 0 Å². The lowest BCUT2D eigenvalue weighted by Crippen LogP contribution is -2.18. The molecule has 15 heavy (non-hydrogen) atoms. The van der Waals surface area contributed by atoms with Gasteiger partial charge in [-0.25, -0.2) is 0 Å². The molecule has 1 aromatic carbocycles. The monoisotopic (exact) mass is 207 g/mol. The normalized spacial score (nSPS) is 12.6. The zero-order chi connectivity index (χ0) is 11.4. The number of hydrogen-bond donors (Lipinski definition) is 1. The van der Waals surface area contributed by atoms with Gasteiger partial charge < -0.3 is 10.5 Å². The van der Waals surface area contributed by atoms with Crippen molar-refractivity contribution in [3.63, 3.8) is 0 Å². The van der Waals surface area contributed by atoms with Crippen LogP contribution < -0.4 is 10.5 Å². The van der Waals surface area contributed by atoms with Gasteiger partial charge in [-0.15, -0.1) is 0 Å². The Labute approximate surface area is 92.4 Å². The third-order valence-corrected chi connectivity index (χ3v) is 2.79. The third-order valence-electron chi connectivity index (χ3n) is 2.79. The van der Waals surface area contributed by atoms with E-state index in [2.05, 4.69) is 39.8 Å². The predicted octanol–water partition coefficient (Wildman–Crippen LogP) is 2.59. The summed E-state index contributed by atoms with van der Waals surface area (Å²) >= 11 is 0. The van der Waals surface area contributed by atoms with Crippen molar-refractivity contribution >= 4 is 0 Å². The minimum absolute atomic E-state index is 0.407. The van der Waals surface area contributed by atoms with Gasteiger partial charge in [0.1, 0.15) is 5.75 Å². The molecule has 0 heterocycles. The van der Waals surface area contributed by atoms with Crippen LogP contribution in [0.25, 0.3) is 0 Å². The van der Waals surface area contributed by atoms with Crippen molar-refractivity contribution in [3.05, 3.63) is 28.8 Å². The molecule has 2 heteroatoms. The second-order valence-electron chi connectivity index (χ2n) is 4.31. The highest BCUT2D eigenvalue weighted by atomic mass is 16.5. The van der Waals surface area contributed by atoms with Crippen LogP contribution in [-0.2, 0) is 0 Å². The standard InChI is InChI=1S/C13H21NO/c1-9(7-14)8-15-13-11(3)6-5-10(2)12(13)4/h5-6,9H,7-8,14H2,1-4H3. The molecule has 0 radical (unpaired) electrons. The van der Waals surface area contributed by atoms with E-state index >= 15 is 0 Å². The minimum atomic E-state index is 0.407. The molecule has 1 unspecified atom stereocenters. The molecule has 1 aromatic rings. The van der Waals surface area contributed by atoms with Gasteiger partial charge in [-0.05, 0) is 44.0 Å². The maximum atomic E-state index is 5.82. The molecule has 0 bridgehead atoms. The summed E-state index contributed by atoms with van der Waals surface area (Å²) in [5, 5.41) is 0. The Kier molecular flexibility index (Phi) is 4.15. The van der Waals surface area contributed by atoms with Crippen LogP contribution in [0.15, 0.2) is 12.1 Å². The van der Waals surface area contributed by atoms with E-state index in [1.165, 1.54) is 16.7 Å². The minimum Gasteiger partial charge on any atom is -0.493 e. The zero-order valence-electron chi connectivity index (χ0n) is 10.1.